The number of thioether (sulfide) groups is 1. The van der Waals surface area contributed by atoms with E-state index in [4.69, 9.17) is 16.3 Å². The molecule has 1 aromatic carbocycles. The fourth-order valence-electron chi connectivity index (χ4n) is 2.54. The van der Waals surface area contributed by atoms with Crippen LogP contribution in [0.25, 0.3) is 11.3 Å². The summed E-state index contributed by atoms with van der Waals surface area (Å²) in [6, 6.07) is 5.82. The number of methoxy groups -OCH3 is 1. The Morgan fingerprint density at radius 3 is 3.14 bits per heavy atom. The first-order chi connectivity index (χ1) is 10.6. The Balaban J connectivity index is 1.98. The molecule has 0 radical (unpaired) electrons. The maximum absolute atomic E-state index is 12.3. The molecule has 5 nitrogen and oxygen atoms in total. The molecular weight excluding hydrogens is 322 g/mol. The molecular formula is C15H16ClN3O2S. The van der Waals surface area contributed by atoms with Crippen molar-refractivity contribution in [1.29, 1.82) is 0 Å². The number of amides is 1. The summed E-state index contributed by atoms with van der Waals surface area (Å²) >= 11 is 7.81. The van der Waals surface area contributed by atoms with Crippen molar-refractivity contribution in [2.75, 3.05) is 20.3 Å². The summed E-state index contributed by atoms with van der Waals surface area (Å²) in [4.78, 5) is 13.5. The highest BCUT2D eigenvalue weighted by Gasteiger charge is 2.27. The van der Waals surface area contributed by atoms with Gasteiger partial charge in [-0.25, -0.2) is 0 Å². The quantitative estimate of drug-likeness (QED) is 0.872. The van der Waals surface area contributed by atoms with Crippen molar-refractivity contribution in [3.63, 3.8) is 0 Å². The Kier molecular flexibility index (Phi) is 4.42. The molecule has 7 heteroatoms. The zero-order valence-electron chi connectivity index (χ0n) is 12.4. The molecule has 3 rings (SSSR count). The average molecular weight is 338 g/mol. The predicted octanol–water partition coefficient (Wildman–Crippen LogP) is 2.72. The lowest BCUT2D eigenvalue weighted by molar-refractivity contribution is 0.0930. The molecule has 116 valence electrons. The molecule has 0 saturated heterocycles. The molecule has 2 heterocycles. The Morgan fingerprint density at radius 2 is 2.36 bits per heavy atom. The molecule has 1 aromatic heterocycles. The third kappa shape index (κ3) is 2.74. The minimum Gasteiger partial charge on any atom is -0.383 e. The molecule has 1 aliphatic heterocycles. The SMILES string of the molecule is COCCNC(=O)c1nn(C)c2c1CSc1ccc(Cl)cc1-2. The molecule has 0 spiro atoms. The molecule has 0 unspecified atom stereocenters. The number of aryl methyl sites for hydroxylation is 1. The van der Waals surface area contributed by atoms with Crippen LogP contribution in [-0.4, -0.2) is 35.9 Å². The summed E-state index contributed by atoms with van der Waals surface area (Å²) in [5.41, 5.74) is 3.43. The van der Waals surface area contributed by atoms with Gasteiger partial charge in [0.2, 0.25) is 0 Å². The molecule has 1 N–H and O–H groups in total. The standard InChI is InChI=1S/C15H16ClN3O2S/c1-19-14-10-7-9(16)3-4-12(10)22-8-11(14)13(18-19)15(20)17-5-6-21-2/h3-4,7H,5-6,8H2,1-2H3,(H,17,20). The van der Waals surface area contributed by atoms with Crippen molar-refractivity contribution in [2.45, 2.75) is 10.6 Å². The van der Waals surface area contributed by atoms with Gasteiger partial charge < -0.3 is 10.1 Å². The molecule has 2 aromatic rings. The highest BCUT2D eigenvalue weighted by Crippen LogP contribution is 2.43. The second-order valence-corrected chi connectivity index (χ2v) is 6.43. The number of carbonyl (C=O) groups is 1. The van der Waals surface area contributed by atoms with Crippen LogP contribution in [0.3, 0.4) is 0 Å². The van der Waals surface area contributed by atoms with E-state index in [0.717, 1.165) is 27.5 Å². The van der Waals surface area contributed by atoms with Crippen molar-refractivity contribution < 1.29 is 9.53 Å². The minimum absolute atomic E-state index is 0.167. The third-order valence-corrected chi connectivity index (χ3v) is 4.86. The molecule has 1 amide bonds. The van der Waals surface area contributed by atoms with Crippen LogP contribution in [0.1, 0.15) is 16.1 Å². The second-order valence-electron chi connectivity index (χ2n) is 4.98. The fourth-order valence-corrected chi connectivity index (χ4v) is 3.76. The lowest BCUT2D eigenvalue weighted by Crippen LogP contribution is -2.28. The first-order valence-electron chi connectivity index (χ1n) is 6.87. The van der Waals surface area contributed by atoms with Crippen LogP contribution in [-0.2, 0) is 17.5 Å². The average Bonchev–Trinajstić information content (AvgIpc) is 2.85. The topological polar surface area (TPSA) is 56.1 Å². The molecule has 0 bridgehead atoms. The van der Waals surface area contributed by atoms with Gasteiger partial charge in [-0.2, -0.15) is 5.10 Å². The van der Waals surface area contributed by atoms with Gasteiger partial charge >= 0.3 is 0 Å². The number of aromatic nitrogens is 2. The van der Waals surface area contributed by atoms with E-state index in [1.807, 2.05) is 25.2 Å². The summed E-state index contributed by atoms with van der Waals surface area (Å²) in [5.74, 6) is 0.560. The lowest BCUT2D eigenvalue weighted by atomic mass is 10.1. The van der Waals surface area contributed by atoms with Gasteiger partial charge in [0.05, 0.1) is 12.3 Å². The number of benzene rings is 1. The summed E-state index contributed by atoms with van der Waals surface area (Å²) in [7, 11) is 3.46. The number of fused-ring (bicyclic) bond motifs is 3. The highest BCUT2D eigenvalue weighted by molar-refractivity contribution is 7.98. The first-order valence-corrected chi connectivity index (χ1v) is 8.24. The van der Waals surface area contributed by atoms with E-state index in [2.05, 4.69) is 10.4 Å². The van der Waals surface area contributed by atoms with E-state index in [1.54, 1.807) is 23.6 Å². The molecule has 0 atom stereocenters. The van der Waals surface area contributed by atoms with Crippen molar-refractivity contribution in [3.8, 4) is 11.3 Å². The van der Waals surface area contributed by atoms with Crippen LogP contribution in [0.4, 0.5) is 0 Å². The van der Waals surface area contributed by atoms with Gasteiger partial charge in [0.25, 0.3) is 5.91 Å². The zero-order chi connectivity index (χ0) is 15.7. The highest BCUT2D eigenvalue weighted by atomic mass is 35.5. The monoisotopic (exact) mass is 337 g/mol. The molecule has 0 aliphatic carbocycles. The Bertz CT molecular complexity index is 730. The predicted molar refractivity (Wildman–Crippen MR) is 87.4 cm³/mol. The van der Waals surface area contributed by atoms with Crippen LogP contribution >= 0.6 is 23.4 Å². The van der Waals surface area contributed by atoms with Crippen LogP contribution < -0.4 is 5.32 Å². The second kappa shape index (κ2) is 6.32. The van der Waals surface area contributed by atoms with Gasteiger partial charge in [0, 0.05) is 47.5 Å². The van der Waals surface area contributed by atoms with Crippen molar-refractivity contribution in [1.82, 2.24) is 15.1 Å². The summed E-state index contributed by atoms with van der Waals surface area (Å²) < 4.78 is 6.71. The van der Waals surface area contributed by atoms with Gasteiger partial charge in [-0.3, -0.25) is 9.48 Å². The number of hydrogen-bond donors (Lipinski definition) is 1. The van der Waals surface area contributed by atoms with Crippen molar-refractivity contribution in [3.05, 3.63) is 34.5 Å². The van der Waals surface area contributed by atoms with Crippen LogP contribution in [0.2, 0.25) is 5.02 Å². The van der Waals surface area contributed by atoms with E-state index in [0.29, 0.717) is 23.9 Å². The van der Waals surface area contributed by atoms with E-state index in [-0.39, 0.29) is 5.91 Å². The van der Waals surface area contributed by atoms with E-state index in [9.17, 15) is 4.79 Å². The summed E-state index contributed by atoms with van der Waals surface area (Å²) in [5, 5.41) is 7.91. The largest absolute Gasteiger partial charge is 0.383 e. The van der Waals surface area contributed by atoms with Crippen LogP contribution in [0.5, 0.6) is 0 Å². The summed E-state index contributed by atoms with van der Waals surface area (Å²) in [6.45, 7) is 0.949. The number of rotatable bonds is 4. The van der Waals surface area contributed by atoms with Crippen molar-refractivity contribution >= 4 is 29.3 Å². The Labute approximate surface area is 138 Å². The number of nitrogens with one attached hydrogen (secondary N) is 1. The van der Waals surface area contributed by atoms with Gasteiger partial charge in [-0.15, -0.1) is 11.8 Å². The van der Waals surface area contributed by atoms with Gasteiger partial charge in [0.1, 0.15) is 0 Å². The number of hydrogen-bond acceptors (Lipinski definition) is 4. The maximum Gasteiger partial charge on any atom is 0.272 e. The smallest absolute Gasteiger partial charge is 0.272 e. The third-order valence-electron chi connectivity index (χ3n) is 3.52. The van der Waals surface area contributed by atoms with Gasteiger partial charge in [-0.05, 0) is 18.2 Å². The van der Waals surface area contributed by atoms with Gasteiger partial charge in [-0.1, -0.05) is 11.6 Å². The van der Waals surface area contributed by atoms with Crippen LogP contribution in [0.15, 0.2) is 23.1 Å². The van der Waals surface area contributed by atoms with E-state index < -0.39 is 0 Å². The summed E-state index contributed by atoms with van der Waals surface area (Å²) in [6.07, 6.45) is 0. The molecule has 22 heavy (non-hydrogen) atoms. The van der Waals surface area contributed by atoms with E-state index >= 15 is 0 Å². The van der Waals surface area contributed by atoms with Crippen LogP contribution in [0, 0.1) is 0 Å². The normalized spacial score (nSPS) is 12.7. The number of nitrogens with zero attached hydrogens (tertiary/aromatic N) is 2. The maximum atomic E-state index is 12.3. The zero-order valence-corrected chi connectivity index (χ0v) is 13.9. The fraction of sp³-hybridized carbons (Fsp3) is 0.333. The number of halogens is 1. The van der Waals surface area contributed by atoms with Gasteiger partial charge in [0.15, 0.2) is 5.69 Å². The lowest BCUT2D eigenvalue weighted by Gasteiger charge is -2.17. The first kappa shape index (κ1) is 15.4. The Hall–Kier alpha value is -1.50. The number of carbonyl (C=O) groups excluding carboxylic acids is 1. The van der Waals surface area contributed by atoms with E-state index in [1.165, 1.54) is 0 Å². The molecule has 0 saturated carbocycles. The Morgan fingerprint density at radius 1 is 1.55 bits per heavy atom. The molecule has 1 aliphatic rings. The van der Waals surface area contributed by atoms with Crippen molar-refractivity contribution in [2.24, 2.45) is 7.05 Å². The number of ether oxygens (including phenoxy) is 1. The molecule has 0 fully saturated rings. The minimum atomic E-state index is -0.167.